The molecular weight excluding hydrogens is 497 g/mol. The van der Waals surface area contributed by atoms with Crippen LogP contribution in [0, 0.1) is 0 Å². The molecule has 160 valence electrons. The number of guanidine groups is 1. The number of benzene rings is 1. The molecule has 0 bridgehead atoms. The number of morpholine rings is 1. The van der Waals surface area contributed by atoms with Gasteiger partial charge in [-0.25, -0.2) is 4.98 Å². The third-order valence-corrected chi connectivity index (χ3v) is 5.90. The zero-order chi connectivity index (χ0) is 19.6. The van der Waals surface area contributed by atoms with Crippen LogP contribution < -0.4 is 10.6 Å². The largest absolute Gasteiger partial charge is 0.379 e. The number of hydrogen-bond acceptors (Lipinski definition) is 5. The number of nitrogens with zero attached hydrogens (tertiary/aromatic N) is 3. The number of halogens is 1. The minimum atomic E-state index is 0. The average Bonchev–Trinajstić information content (AvgIpc) is 3.20. The van der Waals surface area contributed by atoms with E-state index in [1.165, 1.54) is 16.1 Å². The van der Waals surface area contributed by atoms with Crippen molar-refractivity contribution in [1.29, 1.82) is 0 Å². The first kappa shape index (κ1) is 24.0. The highest BCUT2D eigenvalue weighted by Crippen LogP contribution is 2.13. The standard InChI is InChI=1S/C21H31N5OS.HI/c1-3-20-25-19(16-28-20)8-9-23-21(22-2)24-14-17-6-4-5-7-18(17)15-26-10-12-27-13-11-26;/h4-7,16H,3,8-15H2,1-2H3,(H2,22,23,24);1H. The van der Waals surface area contributed by atoms with Crippen LogP contribution >= 0.6 is 35.3 Å². The smallest absolute Gasteiger partial charge is 0.191 e. The van der Waals surface area contributed by atoms with Gasteiger partial charge in [0.05, 0.1) is 23.9 Å². The van der Waals surface area contributed by atoms with Crippen molar-refractivity contribution in [3.8, 4) is 0 Å². The summed E-state index contributed by atoms with van der Waals surface area (Å²) in [6, 6.07) is 8.63. The normalized spacial score (nSPS) is 15.0. The number of ether oxygens (including phenoxy) is 1. The lowest BCUT2D eigenvalue weighted by atomic mass is 10.1. The Morgan fingerprint density at radius 1 is 1.21 bits per heavy atom. The molecule has 1 aromatic heterocycles. The molecule has 29 heavy (non-hydrogen) atoms. The quantitative estimate of drug-likeness (QED) is 0.313. The zero-order valence-corrected chi connectivity index (χ0v) is 20.5. The van der Waals surface area contributed by atoms with E-state index in [1.54, 1.807) is 11.3 Å². The van der Waals surface area contributed by atoms with Gasteiger partial charge in [-0.2, -0.15) is 0 Å². The van der Waals surface area contributed by atoms with Crippen molar-refractivity contribution < 1.29 is 4.74 Å². The molecule has 2 aromatic rings. The summed E-state index contributed by atoms with van der Waals surface area (Å²) in [6.07, 6.45) is 1.91. The number of thiazole rings is 1. The van der Waals surface area contributed by atoms with Gasteiger partial charge in [-0.1, -0.05) is 31.2 Å². The molecular formula is C21H32IN5OS. The van der Waals surface area contributed by atoms with Crippen LogP contribution in [0.3, 0.4) is 0 Å². The fourth-order valence-electron chi connectivity index (χ4n) is 3.22. The Morgan fingerprint density at radius 2 is 1.97 bits per heavy atom. The Labute approximate surface area is 195 Å². The van der Waals surface area contributed by atoms with Crippen molar-refractivity contribution in [1.82, 2.24) is 20.5 Å². The predicted molar refractivity (Wildman–Crippen MR) is 131 cm³/mol. The number of aryl methyl sites for hydroxylation is 1. The van der Waals surface area contributed by atoms with Crippen molar-refractivity contribution >= 4 is 41.3 Å². The van der Waals surface area contributed by atoms with E-state index in [4.69, 9.17) is 4.74 Å². The minimum absolute atomic E-state index is 0. The van der Waals surface area contributed by atoms with Gasteiger partial charge in [-0.3, -0.25) is 9.89 Å². The summed E-state index contributed by atoms with van der Waals surface area (Å²) in [6.45, 7) is 8.35. The Kier molecular flexibility index (Phi) is 10.9. The first-order chi connectivity index (χ1) is 13.8. The van der Waals surface area contributed by atoms with Crippen molar-refractivity contribution in [3.63, 3.8) is 0 Å². The Balaban J connectivity index is 0.00000300. The summed E-state index contributed by atoms with van der Waals surface area (Å²) >= 11 is 1.74. The Morgan fingerprint density at radius 3 is 2.66 bits per heavy atom. The first-order valence-corrected chi connectivity index (χ1v) is 10.9. The molecule has 0 saturated carbocycles. The molecule has 1 aliphatic heterocycles. The molecule has 8 heteroatoms. The van der Waals surface area contributed by atoms with Crippen LogP contribution in [0.5, 0.6) is 0 Å². The van der Waals surface area contributed by atoms with Crippen LogP contribution in [-0.2, 0) is 30.7 Å². The second-order valence-electron chi connectivity index (χ2n) is 6.85. The average molecular weight is 529 g/mol. The molecule has 0 atom stereocenters. The van der Waals surface area contributed by atoms with Crippen molar-refractivity contribution in [2.24, 2.45) is 4.99 Å². The fourth-order valence-corrected chi connectivity index (χ4v) is 4.00. The maximum Gasteiger partial charge on any atom is 0.191 e. The van der Waals surface area contributed by atoms with Crippen molar-refractivity contribution in [2.75, 3.05) is 39.9 Å². The van der Waals surface area contributed by atoms with Crippen LogP contribution in [0.15, 0.2) is 34.6 Å². The van der Waals surface area contributed by atoms with E-state index in [2.05, 4.69) is 62.1 Å². The van der Waals surface area contributed by atoms with Crippen LogP contribution in [0.2, 0.25) is 0 Å². The molecule has 1 aromatic carbocycles. The van der Waals surface area contributed by atoms with Crippen molar-refractivity contribution in [3.05, 3.63) is 51.5 Å². The van der Waals surface area contributed by atoms with Gasteiger partial charge in [-0.05, 0) is 17.5 Å². The van der Waals surface area contributed by atoms with E-state index in [9.17, 15) is 0 Å². The molecule has 0 aliphatic carbocycles. The lowest BCUT2D eigenvalue weighted by Crippen LogP contribution is -2.38. The van der Waals surface area contributed by atoms with Gasteiger partial charge in [0.1, 0.15) is 0 Å². The van der Waals surface area contributed by atoms with Crippen molar-refractivity contribution in [2.45, 2.75) is 32.9 Å². The van der Waals surface area contributed by atoms with Crippen LogP contribution in [0.4, 0.5) is 0 Å². The number of rotatable bonds is 8. The van der Waals surface area contributed by atoms with Crippen LogP contribution in [-0.4, -0.2) is 55.7 Å². The lowest BCUT2D eigenvalue weighted by molar-refractivity contribution is 0.0341. The van der Waals surface area contributed by atoms with Gasteiger partial charge in [0, 0.05) is 51.6 Å². The predicted octanol–water partition coefficient (Wildman–Crippen LogP) is 3.06. The molecule has 0 unspecified atom stereocenters. The summed E-state index contributed by atoms with van der Waals surface area (Å²) in [4.78, 5) is 11.4. The fraction of sp³-hybridized carbons (Fsp3) is 0.524. The monoisotopic (exact) mass is 529 g/mol. The minimum Gasteiger partial charge on any atom is -0.379 e. The highest BCUT2D eigenvalue weighted by molar-refractivity contribution is 14.0. The lowest BCUT2D eigenvalue weighted by Gasteiger charge is -2.27. The summed E-state index contributed by atoms with van der Waals surface area (Å²) in [5.74, 6) is 0.826. The van der Waals surface area contributed by atoms with Gasteiger partial charge in [0.15, 0.2) is 5.96 Å². The Hall–Kier alpha value is -1.23. The first-order valence-electron chi connectivity index (χ1n) is 10.0. The Bertz CT molecular complexity index is 761. The van der Waals surface area contributed by atoms with Crippen LogP contribution in [0.1, 0.15) is 28.8 Å². The summed E-state index contributed by atoms with van der Waals surface area (Å²) in [5.41, 5.74) is 3.83. The summed E-state index contributed by atoms with van der Waals surface area (Å²) in [7, 11) is 1.81. The number of aromatic nitrogens is 1. The maximum atomic E-state index is 5.46. The molecule has 0 amide bonds. The molecule has 2 N–H and O–H groups in total. The van der Waals surface area contributed by atoms with E-state index in [-0.39, 0.29) is 24.0 Å². The third-order valence-electron chi connectivity index (χ3n) is 4.86. The van der Waals surface area contributed by atoms with E-state index in [0.29, 0.717) is 0 Å². The summed E-state index contributed by atoms with van der Waals surface area (Å²) < 4.78 is 5.46. The number of nitrogens with one attached hydrogen (secondary N) is 2. The number of aliphatic imine (C=N–C) groups is 1. The molecule has 1 saturated heterocycles. The SMILES string of the molecule is CCc1nc(CCNC(=NC)NCc2ccccc2CN2CCOCC2)cs1.I. The molecule has 1 aliphatic rings. The summed E-state index contributed by atoms with van der Waals surface area (Å²) in [5, 5.41) is 10.2. The molecule has 1 fully saturated rings. The molecule has 0 radical (unpaired) electrons. The highest BCUT2D eigenvalue weighted by atomic mass is 127. The third kappa shape index (κ3) is 7.84. The van der Waals surface area contributed by atoms with E-state index in [0.717, 1.165) is 70.4 Å². The topological polar surface area (TPSA) is 61.8 Å². The van der Waals surface area contributed by atoms with Gasteiger partial charge in [0.25, 0.3) is 0 Å². The molecule has 6 nitrogen and oxygen atoms in total. The van der Waals surface area contributed by atoms with E-state index in [1.807, 2.05) is 7.05 Å². The van der Waals surface area contributed by atoms with Gasteiger partial charge in [-0.15, -0.1) is 35.3 Å². The molecule has 0 spiro atoms. The highest BCUT2D eigenvalue weighted by Gasteiger charge is 2.12. The number of hydrogen-bond donors (Lipinski definition) is 2. The maximum absolute atomic E-state index is 5.46. The zero-order valence-electron chi connectivity index (χ0n) is 17.3. The van der Waals surface area contributed by atoms with Gasteiger partial charge >= 0.3 is 0 Å². The van der Waals surface area contributed by atoms with Gasteiger partial charge < -0.3 is 15.4 Å². The van der Waals surface area contributed by atoms with E-state index < -0.39 is 0 Å². The molecule has 3 rings (SSSR count). The van der Waals surface area contributed by atoms with Gasteiger partial charge in [0.2, 0.25) is 0 Å². The van der Waals surface area contributed by atoms with E-state index >= 15 is 0 Å². The van der Waals surface area contributed by atoms with Crippen LogP contribution in [0.25, 0.3) is 0 Å². The second kappa shape index (κ2) is 13.1. The second-order valence-corrected chi connectivity index (χ2v) is 7.79. The molecule has 2 heterocycles.